The minimum Gasteiger partial charge on any atom is -0.462 e. The monoisotopic (exact) mass is 623 g/mol. The minimum absolute atomic E-state index is 0.220. The molecule has 0 saturated carbocycles. The van der Waals surface area contributed by atoms with Gasteiger partial charge >= 0.3 is 10.8 Å². The number of benzene rings is 2. The number of thiazole rings is 1. The van der Waals surface area contributed by atoms with Crippen molar-refractivity contribution in [2.45, 2.75) is 29.7 Å². The zero-order valence-corrected chi connectivity index (χ0v) is 24.4. The molecule has 2 unspecified atom stereocenters. The van der Waals surface area contributed by atoms with Crippen LogP contribution in [0.3, 0.4) is 0 Å². The smallest absolute Gasteiger partial charge is 0.338 e. The molecule has 4 heterocycles. The van der Waals surface area contributed by atoms with Crippen molar-refractivity contribution in [1.29, 1.82) is 0 Å². The largest absolute Gasteiger partial charge is 0.462 e. The molecule has 3 amide bonds. The van der Waals surface area contributed by atoms with Gasteiger partial charge in [-0.3, -0.25) is 23.7 Å². The molecule has 2 aliphatic heterocycles. The molecule has 1 saturated heterocycles. The van der Waals surface area contributed by atoms with Crippen LogP contribution in [0, 0.1) is 11.7 Å². The first kappa shape index (κ1) is 28.1. The van der Waals surface area contributed by atoms with E-state index in [1.54, 1.807) is 6.92 Å². The average molecular weight is 624 g/mol. The molecule has 4 aromatic rings. The van der Waals surface area contributed by atoms with E-state index in [0.717, 1.165) is 32.9 Å². The number of hydrogen-bond donors (Lipinski definition) is 1. The lowest BCUT2D eigenvalue weighted by Gasteiger charge is -2.29. The molecule has 0 bridgehead atoms. The maximum absolute atomic E-state index is 13.9. The Labute approximate surface area is 250 Å². The zero-order chi connectivity index (χ0) is 29.5. The van der Waals surface area contributed by atoms with Gasteiger partial charge in [-0.05, 0) is 66.9 Å². The Morgan fingerprint density at radius 2 is 1.74 bits per heavy atom. The molecule has 1 N–H and O–H groups in total. The van der Waals surface area contributed by atoms with Crippen molar-refractivity contribution in [3.05, 3.63) is 96.8 Å². The Hall–Kier alpha value is -4.07. The first-order valence-corrected chi connectivity index (χ1v) is 15.5. The number of thiophene rings is 1. The zero-order valence-electron chi connectivity index (χ0n) is 21.9. The fourth-order valence-corrected chi connectivity index (χ4v) is 8.84. The third kappa shape index (κ3) is 4.97. The van der Waals surface area contributed by atoms with Gasteiger partial charge in [-0.1, -0.05) is 29.2 Å². The Bertz CT molecular complexity index is 1750. The highest BCUT2D eigenvalue weighted by Gasteiger charge is 2.57. The number of carbonyl (C=O) groups excluding carboxylic acids is 4. The first-order valence-electron chi connectivity index (χ1n) is 12.9. The number of thioether (sulfide) groups is 1. The maximum atomic E-state index is 13.9. The summed E-state index contributed by atoms with van der Waals surface area (Å²) in [5.74, 6) is -3.59. The molecule has 13 heteroatoms. The van der Waals surface area contributed by atoms with Crippen molar-refractivity contribution in [3.8, 4) is 0 Å². The second-order valence-electron chi connectivity index (χ2n) is 9.52. The lowest BCUT2D eigenvalue weighted by atomic mass is 9.87. The molecule has 2 aliphatic rings. The van der Waals surface area contributed by atoms with E-state index < -0.39 is 46.6 Å². The SMILES string of the molecule is CCOC(=O)c1ccc(N2C(=O)C3Sc4c(sc(=O)n4CC(=O)Nc4ccc(F)cc4)[C@H](c4cccs4)C3C2=O)cc1. The normalized spacial score (nSPS) is 19.4. The lowest BCUT2D eigenvalue weighted by molar-refractivity contribution is -0.122. The Morgan fingerprint density at radius 3 is 2.40 bits per heavy atom. The summed E-state index contributed by atoms with van der Waals surface area (Å²) in [5.41, 5.74) is 1.01. The molecule has 0 aliphatic carbocycles. The highest BCUT2D eigenvalue weighted by atomic mass is 32.2. The van der Waals surface area contributed by atoms with Gasteiger partial charge in [0, 0.05) is 21.4 Å². The number of aromatic nitrogens is 1. The minimum atomic E-state index is -0.831. The number of rotatable bonds is 7. The van der Waals surface area contributed by atoms with E-state index in [0.29, 0.717) is 26.8 Å². The van der Waals surface area contributed by atoms with Crippen molar-refractivity contribution in [3.63, 3.8) is 0 Å². The third-order valence-electron chi connectivity index (χ3n) is 6.97. The van der Waals surface area contributed by atoms with Crippen LogP contribution < -0.4 is 15.1 Å². The lowest BCUT2D eigenvalue weighted by Crippen LogP contribution is -2.32. The molecular formula is C29H22FN3O6S3. The van der Waals surface area contributed by atoms with Crippen molar-refractivity contribution in [1.82, 2.24) is 4.57 Å². The van der Waals surface area contributed by atoms with Crippen molar-refractivity contribution in [2.75, 3.05) is 16.8 Å². The van der Waals surface area contributed by atoms with Gasteiger partial charge in [0.1, 0.15) is 17.6 Å². The molecule has 214 valence electrons. The molecule has 2 aromatic carbocycles. The van der Waals surface area contributed by atoms with Gasteiger partial charge in [0.15, 0.2) is 0 Å². The Balaban J connectivity index is 1.34. The number of nitrogens with zero attached hydrogens (tertiary/aromatic N) is 2. The summed E-state index contributed by atoms with van der Waals surface area (Å²) in [6, 6.07) is 15.1. The van der Waals surface area contributed by atoms with Crippen molar-refractivity contribution < 1.29 is 28.3 Å². The highest BCUT2D eigenvalue weighted by Crippen LogP contribution is 2.54. The molecular weight excluding hydrogens is 602 g/mol. The Kier molecular flexibility index (Phi) is 7.56. The van der Waals surface area contributed by atoms with Gasteiger partial charge in [-0.25, -0.2) is 14.1 Å². The number of imide groups is 1. The van der Waals surface area contributed by atoms with Crippen molar-refractivity contribution in [2.24, 2.45) is 5.92 Å². The van der Waals surface area contributed by atoms with Crippen LogP contribution in [0.1, 0.15) is 33.0 Å². The number of hydrogen-bond acceptors (Lipinski definition) is 9. The van der Waals surface area contributed by atoms with Crippen LogP contribution in [0.5, 0.6) is 0 Å². The number of nitrogens with one attached hydrogen (secondary N) is 1. The quantitative estimate of drug-likeness (QED) is 0.234. The Morgan fingerprint density at radius 1 is 1.00 bits per heavy atom. The average Bonchev–Trinajstić information content (AvgIpc) is 3.67. The number of esters is 1. The van der Waals surface area contributed by atoms with Crippen LogP contribution in [-0.2, 0) is 25.7 Å². The van der Waals surface area contributed by atoms with E-state index >= 15 is 0 Å². The van der Waals surface area contributed by atoms with E-state index in [2.05, 4.69) is 5.32 Å². The van der Waals surface area contributed by atoms with Gasteiger partial charge in [0.05, 0.1) is 28.8 Å². The number of fused-ring (bicyclic) bond motifs is 2. The summed E-state index contributed by atoms with van der Waals surface area (Å²) < 4.78 is 19.6. The predicted molar refractivity (Wildman–Crippen MR) is 158 cm³/mol. The van der Waals surface area contributed by atoms with E-state index in [1.165, 1.54) is 64.4 Å². The number of anilines is 2. The molecule has 1 fully saturated rings. The van der Waals surface area contributed by atoms with Gasteiger partial charge in [-0.15, -0.1) is 11.3 Å². The molecule has 0 radical (unpaired) electrons. The van der Waals surface area contributed by atoms with Crippen LogP contribution in [0.25, 0.3) is 0 Å². The summed E-state index contributed by atoms with van der Waals surface area (Å²) >= 11 is 3.50. The van der Waals surface area contributed by atoms with Crippen LogP contribution in [0.4, 0.5) is 15.8 Å². The number of ether oxygens (including phenoxy) is 1. The van der Waals surface area contributed by atoms with Crippen LogP contribution in [-0.4, -0.2) is 40.1 Å². The summed E-state index contributed by atoms with van der Waals surface area (Å²) in [6.07, 6.45) is 0. The molecule has 0 spiro atoms. The van der Waals surface area contributed by atoms with Crippen molar-refractivity contribution >= 4 is 69.5 Å². The third-order valence-corrected chi connectivity index (χ3v) is 10.5. The molecule has 6 rings (SSSR count). The second kappa shape index (κ2) is 11.3. The van der Waals surface area contributed by atoms with E-state index in [4.69, 9.17) is 4.74 Å². The van der Waals surface area contributed by atoms with Crippen LogP contribution in [0.2, 0.25) is 0 Å². The standard InChI is InChI=1S/C29H22FN3O6S3/c1-2-39-28(37)15-5-11-18(12-6-15)33-25(35)22-21(19-4-3-13-40-19)24-27(41-23(22)26(33)36)32(29(38)42-24)14-20(34)31-17-9-7-16(30)8-10-17/h3-13,21-23H,2,14H2,1H3,(H,31,34)/t21-,22?,23?/m1/s1. The topological polar surface area (TPSA) is 115 Å². The maximum Gasteiger partial charge on any atom is 0.338 e. The van der Waals surface area contributed by atoms with Gasteiger partial charge < -0.3 is 10.1 Å². The summed E-state index contributed by atoms with van der Waals surface area (Å²) in [5, 5.41) is 4.17. The summed E-state index contributed by atoms with van der Waals surface area (Å²) in [6.45, 7) is 1.61. The van der Waals surface area contributed by atoms with E-state index in [-0.39, 0.29) is 18.0 Å². The molecule has 2 aromatic heterocycles. The van der Waals surface area contributed by atoms with Crippen LogP contribution >= 0.6 is 34.4 Å². The molecule has 9 nitrogen and oxygen atoms in total. The summed E-state index contributed by atoms with van der Waals surface area (Å²) in [4.78, 5) is 68.1. The van der Waals surface area contributed by atoms with Gasteiger partial charge in [0.25, 0.3) is 0 Å². The first-order chi connectivity index (χ1) is 20.3. The highest BCUT2D eigenvalue weighted by molar-refractivity contribution is 8.00. The predicted octanol–water partition coefficient (Wildman–Crippen LogP) is 4.72. The second-order valence-corrected chi connectivity index (χ2v) is 12.6. The van der Waals surface area contributed by atoms with Gasteiger partial charge in [-0.2, -0.15) is 0 Å². The number of carbonyl (C=O) groups is 4. The van der Waals surface area contributed by atoms with Gasteiger partial charge in [0.2, 0.25) is 17.7 Å². The number of amides is 3. The van der Waals surface area contributed by atoms with E-state index in [1.807, 2.05) is 17.5 Å². The number of halogens is 1. The van der Waals surface area contributed by atoms with E-state index in [9.17, 15) is 28.4 Å². The fourth-order valence-electron chi connectivity index (χ4n) is 5.12. The molecule has 42 heavy (non-hydrogen) atoms. The summed E-state index contributed by atoms with van der Waals surface area (Å²) in [7, 11) is 0. The fraction of sp³-hybridized carbons (Fsp3) is 0.207. The van der Waals surface area contributed by atoms with Crippen LogP contribution in [0.15, 0.2) is 75.9 Å². The molecule has 3 atom stereocenters.